The molecule has 0 aliphatic heterocycles. The number of nitrogens with two attached hydrogens (primary N) is 1. The first-order chi connectivity index (χ1) is 9.20. The second-order valence-corrected chi connectivity index (χ2v) is 4.38. The van der Waals surface area contributed by atoms with E-state index in [1.165, 1.54) is 18.9 Å². The maximum Gasteiger partial charge on any atom is 0.173 e. The van der Waals surface area contributed by atoms with Gasteiger partial charge in [-0.05, 0) is 12.5 Å². The van der Waals surface area contributed by atoms with Gasteiger partial charge in [-0.1, -0.05) is 43.5 Å². The number of ether oxygens (including phenoxy) is 1. The number of nitrogens with zero attached hydrogens (tertiary/aromatic N) is 1. The molecule has 0 bridgehead atoms. The minimum atomic E-state index is -0.494. The molecule has 0 aromatic heterocycles. The van der Waals surface area contributed by atoms with Crippen molar-refractivity contribution in [2.75, 3.05) is 6.61 Å². The van der Waals surface area contributed by atoms with Crippen molar-refractivity contribution < 1.29 is 14.3 Å². The predicted molar refractivity (Wildman–Crippen MR) is 72.7 cm³/mol. The minimum Gasteiger partial charge on any atom is -0.409 e. The SMILES string of the molecule is CCCCCCOCc1cccc(/C(N)=N/O)c1F. The van der Waals surface area contributed by atoms with Gasteiger partial charge in [0, 0.05) is 12.2 Å². The average molecular weight is 268 g/mol. The quantitative estimate of drug-likeness (QED) is 0.250. The molecule has 0 spiro atoms. The van der Waals surface area contributed by atoms with Gasteiger partial charge in [-0.15, -0.1) is 0 Å². The predicted octanol–water partition coefficient (Wildman–Crippen LogP) is 3.02. The van der Waals surface area contributed by atoms with Gasteiger partial charge < -0.3 is 15.7 Å². The van der Waals surface area contributed by atoms with Crippen molar-refractivity contribution in [1.82, 2.24) is 0 Å². The lowest BCUT2D eigenvalue weighted by molar-refractivity contribution is 0.114. The lowest BCUT2D eigenvalue weighted by Gasteiger charge is -2.08. The summed E-state index contributed by atoms with van der Waals surface area (Å²) in [5.41, 5.74) is 5.90. The Labute approximate surface area is 113 Å². The normalized spacial score (nSPS) is 11.8. The number of benzene rings is 1. The molecule has 5 heteroatoms. The average Bonchev–Trinajstić information content (AvgIpc) is 2.43. The summed E-state index contributed by atoms with van der Waals surface area (Å²) in [4.78, 5) is 0. The monoisotopic (exact) mass is 268 g/mol. The zero-order chi connectivity index (χ0) is 14.1. The third-order valence-corrected chi connectivity index (χ3v) is 2.86. The number of amidine groups is 1. The topological polar surface area (TPSA) is 67.8 Å². The molecule has 0 atom stereocenters. The van der Waals surface area contributed by atoms with Crippen molar-refractivity contribution in [3.8, 4) is 0 Å². The Morgan fingerprint density at radius 3 is 2.84 bits per heavy atom. The maximum atomic E-state index is 14.0. The van der Waals surface area contributed by atoms with Gasteiger partial charge >= 0.3 is 0 Å². The van der Waals surface area contributed by atoms with Crippen molar-refractivity contribution >= 4 is 5.84 Å². The van der Waals surface area contributed by atoms with Gasteiger partial charge in [-0.3, -0.25) is 0 Å². The van der Waals surface area contributed by atoms with Crippen molar-refractivity contribution in [3.63, 3.8) is 0 Å². The molecule has 0 unspecified atom stereocenters. The Morgan fingerprint density at radius 1 is 1.37 bits per heavy atom. The third kappa shape index (κ3) is 4.87. The van der Waals surface area contributed by atoms with Crippen LogP contribution in [0.25, 0.3) is 0 Å². The van der Waals surface area contributed by atoms with Crippen LogP contribution in [0.4, 0.5) is 4.39 Å². The molecular formula is C14H21FN2O2. The number of hydrogen-bond acceptors (Lipinski definition) is 3. The maximum absolute atomic E-state index is 14.0. The highest BCUT2D eigenvalue weighted by molar-refractivity contribution is 5.97. The summed E-state index contributed by atoms with van der Waals surface area (Å²) in [5, 5.41) is 11.4. The molecule has 0 fully saturated rings. The van der Waals surface area contributed by atoms with Crippen LogP contribution in [0.1, 0.15) is 43.7 Å². The number of unbranched alkanes of at least 4 members (excludes halogenated alkanes) is 3. The fourth-order valence-corrected chi connectivity index (χ4v) is 1.76. The largest absolute Gasteiger partial charge is 0.409 e. The van der Waals surface area contributed by atoms with Gasteiger partial charge in [0.1, 0.15) is 5.82 Å². The number of oxime groups is 1. The summed E-state index contributed by atoms with van der Waals surface area (Å²) < 4.78 is 19.4. The smallest absolute Gasteiger partial charge is 0.173 e. The minimum absolute atomic E-state index is 0.0922. The van der Waals surface area contributed by atoms with E-state index in [4.69, 9.17) is 15.7 Å². The van der Waals surface area contributed by atoms with E-state index in [1.807, 2.05) is 0 Å². The van der Waals surface area contributed by atoms with Gasteiger partial charge in [0.05, 0.1) is 12.2 Å². The van der Waals surface area contributed by atoms with E-state index in [9.17, 15) is 4.39 Å². The van der Waals surface area contributed by atoms with Crippen LogP contribution in [0.2, 0.25) is 0 Å². The molecule has 0 radical (unpaired) electrons. The van der Waals surface area contributed by atoms with Crippen LogP contribution in [0.15, 0.2) is 23.4 Å². The van der Waals surface area contributed by atoms with Crippen molar-refractivity contribution in [3.05, 3.63) is 35.1 Å². The van der Waals surface area contributed by atoms with Gasteiger partial charge in [-0.2, -0.15) is 0 Å². The Morgan fingerprint density at radius 2 is 2.16 bits per heavy atom. The van der Waals surface area contributed by atoms with E-state index in [2.05, 4.69) is 12.1 Å². The fraction of sp³-hybridized carbons (Fsp3) is 0.500. The van der Waals surface area contributed by atoms with Gasteiger partial charge in [0.15, 0.2) is 5.84 Å². The lowest BCUT2D eigenvalue weighted by Crippen LogP contribution is -2.16. The summed E-state index contributed by atoms with van der Waals surface area (Å²) in [6.07, 6.45) is 4.48. The molecule has 0 aliphatic rings. The molecule has 0 saturated heterocycles. The van der Waals surface area contributed by atoms with E-state index < -0.39 is 5.82 Å². The zero-order valence-corrected chi connectivity index (χ0v) is 11.2. The first-order valence-electron chi connectivity index (χ1n) is 6.53. The Bertz CT molecular complexity index is 422. The van der Waals surface area contributed by atoms with Crippen LogP contribution < -0.4 is 5.73 Å². The summed E-state index contributed by atoms with van der Waals surface area (Å²) in [5.74, 6) is -0.728. The van der Waals surface area contributed by atoms with Crippen LogP contribution in [0.3, 0.4) is 0 Å². The Kier molecular flexibility index (Phi) is 6.89. The highest BCUT2D eigenvalue weighted by atomic mass is 19.1. The second kappa shape index (κ2) is 8.48. The zero-order valence-electron chi connectivity index (χ0n) is 11.2. The summed E-state index contributed by atoms with van der Waals surface area (Å²) in [6, 6.07) is 4.76. The first kappa shape index (κ1) is 15.4. The van der Waals surface area contributed by atoms with Crippen LogP contribution in [0.5, 0.6) is 0 Å². The van der Waals surface area contributed by atoms with E-state index in [0.29, 0.717) is 12.2 Å². The van der Waals surface area contributed by atoms with E-state index in [-0.39, 0.29) is 18.0 Å². The molecule has 3 N–H and O–H groups in total. The van der Waals surface area contributed by atoms with Crippen LogP contribution in [-0.2, 0) is 11.3 Å². The molecule has 4 nitrogen and oxygen atoms in total. The van der Waals surface area contributed by atoms with Gasteiger partial charge in [-0.25, -0.2) is 4.39 Å². The molecule has 19 heavy (non-hydrogen) atoms. The molecule has 1 rings (SSSR count). The summed E-state index contributed by atoms with van der Waals surface area (Å²) in [6.45, 7) is 2.96. The Hall–Kier alpha value is -1.62. The van der Waals surface area contributed by atoms with Gasteiger partial charge in [0.2, 0.25) is 0 Å². The van der Waals surface area contributed by atoms with E-state index >= 15 is 0 Å². The van der Waals surface area contributed by atoms with Crippen molar-refractivity contribution in [2.45, 2.75) is 39.2 Å². The molecule has 106 valence electrons. The molecule has 0 aliphatic carbocycles. The molecule has 1 aromatic carbocycles. The summed E-state index contributed by atoms with van der Waals surface area (Å²) in [7, 11) is 0. The molecule has 1 aromatic rings. The first-order valence-corrected chi connectivity index (χ1v) is 6.53. The lowest BCUT2D eigenvalue weighted by atomic mass is 10.1. The van der Waals surface area contributed by atoms with Crippen LogP contribution in [-0.4, -0.2) is 17.6 Å². The van der Waals surface area contributed by atoms with E-state index in [1.54, 1.807) is 12.1 Å². The van der Waals surface area contributed by atoms with Crippen LogP contribution in [0, 0.1) is 5.82 Å². The standard InChI is InChI=1S/C14H21FN2O2/c1-2-3-4-5-9-19-10-11-7-6-8-12(13(11)15)14(16)17-18/h6-8,18H,2-5,9-10H2,1H3,(H2,16,17). The highest BCUT2D eigenvalue weighted by Gasteiger charge is 2.11. The number of hydrogen-bond donors (Lipinski definition) is 2. The second-order valence-electron chi connectivity index (χ2n) is 4.38. The molecule has 0 saturated carbocycles. The highest BCUT2D eigenvalue weighted by Crippen LogP contribution is 2.14. The summed E-state index contributed by atoms with van der Waals surface area (Å²) >= 11 is 0. The molecule has 0 amide bonds. The number of rotatable bonds is 8. The number of halogens is 1. The van der Waals surface area contributed by atoms with Crippen molar-refractivity contribution in [1.29, 1.82) is 0 Å². The fourth-order valence-electron chi connectivity index (χ4n) is 1.76. The van der Waals surface area contributed by atoms with E-state index in [0.717, 1.165) is 12.8 Å². The van der Waals surface area contributed by atoms with Gasteiger partial charge in [0.25, 0.3) is 0 Å². The third-order valence-electron chi connectivity index (χ3n) is 2.86. The van der Waals surface area contributed by atoms with Crippen molar-refractivity contribution in [2.24, 2.45) is 10.9 Å². The molecule has 0 heterocycles. The molecular weight excluding hydrogens is 247 g/mol. The Balaban J connectivity index is 2.50. The van der Waals surface area contributed by atoms with Crippen LogP contribution >= 0.6 is 0 Å².